The first kappa shape index (κ1) is 45.8. The largest absolute Gasteiger partial charge is 0.483 e. The number of aromatic nitrogens is 1. The molecule has 10 atom stereocenters. The van der Waals surface area contributed by atoms with Gasteiger partial charge in [0.15, 0.2) is 0 Å². The predicted octanol–water partition coefficient (Wildman–Crippen LogP) is 10.2. The van der Waals surface area contributed by atoms with E-state index in [4.69, 9.17) is 14.6 Å². The summed E-state index contributed by atoms with van der Waals surface area (Å²) in [5.74, 6) is 4.68. The number of nitrogens with zero attached hydrogens (tertiary/aromatic N) is 1. The third-order valence-corrected chi connectivity index (χ3v) is 14.3. The van der Waals surface area contributed by atoms with Crippen molar-refractivity contribution in [2.75, 3.05) is 14.2 Å². The van der Waals surface area contributed by atoms with Crippen molar-refractivity contribution in [3.63, 3.8) is 0 Å². The summed E-state index contributed by atoms with van der Waals surface area (Å²) in [4.78, 5) is 34.4. The summed E-state index contributed by atoms with van der Waals surface area (Å²) < 4.78 is 6.00. The maximum Gasteiger partial charge on any atom is 0.290 e. The van der Waals surface area contributed by atoms with Gasteiger partial charge in [0, 0.05) is 37.9 Å². The van der Waals surface area contributed by atoms with Gasteiger partial charge in [-0.2, -0.15) is 0 Å². The van der Waals surface area contributed by atoms with Crippen LogP contribution < -0.4 is 5.32 Å². The molecular weight excluding hydrogens is 649 g/mol. The molecule has 0 aliphatic heterocycles. The highest BCUT2D eigenvalue weighted by atomic mass is 16.5. The molecule has 7 heteroatoms. The van der Waals surface area contributed by atoms with Crippen LogP contribution in [0.2, 0.25) is 0 Å². The Kier molecular flexibility index (Phi) is 17.4. The lowest BCUT2D eigenvalue weighted by atomic mass is 9.36. The Labute approximate surface area is 317 Å². The molecule has 9 unspecified atom stereocenters. The van der Waals surface area contributed by atoms with Crippen molar-refractivity contribution >= 4 is 19.0 Å². The van der Waals surface area contributed by atoms with Crippen LogP contribution in [0.5, 0.6) is 0 Å². The molecule has 0 amide bonds. The summed E-state index contributed by atoms with van der Waals surface area (Å²) in [5.41, 5.74) is 2.69. The van der Waals surface area contributed by atoms with E-state index in [2.05, 4.69) is 51.5 Å². The van der Waals surface area contributed by atoms with Crippen LogP contribution in [0.3, 0.4) is 0 Å². The lowest BCUT2D eigenvalue weighted by Crippen LogP contribution is -2.63. The van der Waals surface area contributed by atoms with Gasteiger partial charge in [-0.3, -0.25) is 9.78 Å². The second kappa shape index (κ2) is 19.8. The summed E-state index contributed by atoms with van der Waals surface area (Å²) >= 11 is 0. The van der Waals surface area contributed by atoms with Gasteiger partial charge in [-0.15, -0.1) is 6.58 Å². The fraction of sp³-hybridized carbons (Fsp3) is 0.778. The summed E-state index contributed by atoms with van der Waals surface area (Å²) in [6.45, 7) is 24.9. The fourth-order valence-electron chi connectivity index (χ4n) is 12.2. The van der Waals surface area contributed by atoms with Gasteiger partial charge in [-0.05, 0) is 153 Å². The number of pyridine rings is 1. The highest BCUT2D eigenvalue weighted by molar-refractivity contribution is 5.61. The summed E-state index contributed by atoms with van der Waals surface area (Å²) in [6, 6.07) is 3.99. The van der Waals surface area contributed by atoms with Crippen molar-refractivity contribution < 1.29 is 24.2 Å². The Morgan fingerprint density at radius 2 is 1.50 bits per heavy atom. The minimum atomic E-state index is -0.250. The first-order valence-electron chi connectivity index (χ1n) is 20.1. The topological polar surface area (TPSA) is 106 Å². The van der Waals surface area contributed by atoms with Gasteiger partial charge in [-0.25, -0.2) is 0 Å². The first-order chi connectivity index (χ1) is 24.5. The Morgan fingerprint density at radius 1 is 0.923 bits per heavy atom. The SMILES string of the molecule is C=CC.CC(C)(C)CC=O.CNCc1ccncc1.COC1CCC2(C)C(CCC3(C)C4CCC5(C=O)CC[C@@H](C)C5C4CCC32)C1(C)C.O=CO. The summed E-state index contributed by atoms with van der Waals surface area (Å²) in [5, 5.41) is 9.95. The molecule has 5 aliphatic carbocycles. The standard InChI is InChI=1S/C28H46O2.C7H10N2.C6H12O.C3H6.CH2O2/c1-18-9-15-28(17-29)16-10-20-19(24(18)28)7-8-22-26(20,4)13-11-21-25(2,3)23(30-6)12-14-27(21,22)5;1-8-6-7-2-4-9-5-3-7;1-6(2,3)4-5-7;1-3-2;2-1-3/h17-24H,7-16H2,1-6H3;2-5,8H,6H2,1H3;5H,4H2,1-3H3;3H,1H2,2H3;1H,(H,2,3)/t18-,19?,20?,21?,22?,23?,24?,26?,27?,28?;;;;/m1..../s1. The fourth-order valence-corrected chi connectivity index (χ4v) is 12.2. The van der Waals surface area contributed by atoms with E-state index in [1.165, 1.54) is 69.6 Å². The number of methoxy groups -OCH3 is 1. The van der Waals surface area contributed by atoms with E-state index >= 15 is 0 Å². The summed E-state index contributed by atoms with van der Waals surface area (Å²) in [6.07, 6.45) is 21.8. The van der Waals surface area contributed by atoms with Gasteiger partial charge in [-0.1, -0.05) is 61.5 Å². The van der Waals surface area contributed by atoms with Crippen molar-refractivity contribution in [2.24, 2.45) is 62.6 Å². The molecule has 0 saturated heterocycles. The second-order valence-electron chi connectivity index (χ2n) is 18.8. The zero-order valence-corrected chi connectivity index (χ0v) is 34.9. The van der Waals surface area contributed by atoms with E-state index < -0.39 is 0 Å². The molecule has 6 rings (SSSR count). The lowest BCUT2D eigenvalue weighted by Gasteiger charge is -2.69. The number of nitrogens with one attached hydrogen (secondary N) is 1. The third kappa shape index (κ3) is 10.2. The highest BCUT2D eigenvalue weighted by Gasteiger charge is 2.66. The molecule has 2 N–H and O–H groups in total. The Morgan fingerprint density at radius 3 is 2.00 bits per heavy atom. The number of hydrogen-bond acceptors (Lipinski definition) is 6. The smallest absolute Gasteiger partial charge is 0.290 e. The van der Waals surface area contributed by atoms with Gasteiger partial charge in [0.2, 0.25) is 0 Å². The predicted molar refractivity (Wildman–Crippen MR) is 214 cm³/mol. The highest BCUT2D eigenvalue weighted by Crippen LogP contribution is 2.73. The number of hydrogen-bond donors (Lipinski definition) is 2. The molecule has 1 aromatic heterocycles. The quantitative estimate of drug-likeness (QED) is 0.230. The van der Waals surface area contributed by atoms with Gasteiger partial charge in [0.1, 0.15) is 12.6 Å². The number of carboxylic acid groups (broad SMARTS) is 1. The number of carbonyl (C=O) groups excluding carboxylic acids is 2. The van der Waals surface area contributed by atoms with E-state index in [1.54, 1.807) is 18.5 Å². The van der Waals surface area contributed by atoms with E-state index in [0.29, 0.717) is 29.3 Å². The number of fused-ring (bicyclic) bond motifs is 7. The normalized spacial score (nSPS) is 36.5. The van der Waals surface area contributed by atoms with Crippen LogP contribution in [0.1, 0.15) is 139 Å². The molecular formula is C45H76N2O5. The molecule has 5 saturated carbocycles. The number of aldehydes is 2. The molecule has 0 radical (unpaired) electrons. The van der Waals surface area contributed by atoms with Crippen LogP contribution in [-0.2, 0) is 25.7 Å². The minimum absolute atomic E-state index is 0.0312. The molecule has 296 valence electrons. The Hall–Kier alpha value is -2.38. The van der Waals surface area contributed by atoms with E-state index in [1.807, 2.05) is 54.0 Å². The van der Waals surface area contributed by atoms with Crippen molar-refractivity contribution in [2.45, 2.75) is 146 Å². The molecule has 7 nitrogen and oxygen atoms in total. The van der Waals surface area contributed by atoms with Gasteiger partial charge in [0.25, 0.3) is 6.47 Å². The average molecular weight is 725 g/mol. The number of rotatable bonds is 5. The molecule has 0 aromatic carbocycles. The van der Waals surface area contributed by atoms with Gasteiger partial charge >= 0.3 is 0 Å². The number of allylic oxidation sites excluding steroid dienone is 1. The van der Waals surface area contributed by atoms with Crippen LogP contribution in [-0.4, -0.2) is 49.4 Å². The minimum Gasteiger partial charge on any atom is -0.483 e. The van der Waals surface area contributed by atoms with Gasteiger partial charge < -0.3 is 24.7 Å². The third-order valence-electron chi connectivity index (χ3n) is 14.3. The number of ether oxygens (including phenoxy) is 1. The molecule has 52 heavy (non-hydrogen) atoms. The van der Waals surface area contributed by atoms with Crippen LogP contribution in [0.25, 0.3) is 0 Å². The van der Waals surface area contributed by atoms with Crippen molar-refractivity contribution in [1.82, 2.24) is 10.3 Å². The van der Waals surface area contributed by atoms with Crippen molar-refractivity contribution in [1.29, 1.82) is 0 Å². The molecule has 5 fully saturated rings. The monoisotopic (exact) mass is 725 g/mol. The first-order valence-corrected chi connectivity index (χ1v) is 20.1. The molecule has 0 spiro atoms. The van der Waals surface area contributed by atoms with Crippen molar-refractivity contribution in [3.05, 3.63) is 42.7 Å². The van der Waals surface area contributed by atoms with Crippen LogP contribution in [0.15, 0.2) is 37.2 Å². The van der Waals surface area contributed by atoms with Crippen LogP contribution in [0, 0.1) is 62.6 Å². The maximum absolute atomic E-state index is 12.3. The van der Waals surface area contributed by atoms with E-state index in [-0.39, 0.29) is 22.7 Å². The van der Waals surface area contributed by atoms with Crippen LogP contribution >= 0.6 is 0 Å². The van der Waals surface area contributed by atoms with Crippen LogP contribution in [0.4, 0.5) is 0 Å². The molecule has 1 heterocycles. The molecule has 1 aromatic rings. The Bertz CT molecular complexity index is 1240. The molecule has 5 aliphatic rings. The maximum atomic E-state index is 12.3. The lowest BCUT2D eigenvalue weighted by molar-refractivity contribution is -0.218. The average Bonchev–Trinajstić information content (AvgIpc) is 3.43. The van der Waals surface area contributed by atoms with E-state index in [9.17, 15) is 9.59 Å². The Balaban J connectivity index is 0.000000348. The number of carbonyl (C=O) groups is 3. The second-order valence-corrected chi connectivity index (χ2v) is 18.8. The zero-order chi connectivity index (χ0) is 39.4. The zero-order valence-electron chi connectivity index (χ0n) is 34.9. The molecule has 0 bridgehead atoms. The van der Waals surface area contributed by atoms with Crippen molar-refractivity contribution in [3.8, 4) is 0 Å². The summed E-state index contributed by atoms with van der Waals surface area (Å²) in [7, 11) is 3.86. The van der Waals surface area contributed by atoms with Gasteiger partial charge in [0.05, 0.1) is 6.10 Å². The van der Waals surface area contributed by atoms with E-state index in [0.717, 1.165) is 48.8 Å².